The summed E-state index contributed by atoms with van der Waals surface area (Å²) >= 11 is 1.45. The standard InChI is InChI=1S/C8H8N4OS/c1-14-8-10-3-2-6(11-8)7-9-4-5-12(7)13/h2-5,13H,1H3. The molecule has 0 saturated heterocycles. The Bertz CT molecular complexity index is 442. The van der Waals surface area contributed by atoms with E-state index < -0.39 is 0 Å². The van der Waals surface area contributed by atoms with Crippen LogP contribution in [0.1, 0.15) is 0 Å². The molecular weight excluding hydrogens is 200 g/mol. The average Bonchev–Trinajstić information content (AvgIpc) is 2.65. The molecule has 2 aromatic rings. The van der Waals surface area contributed by atoms with Crippen LogP contribution in [0.25, 0.3) is 11.5 Å². The number of thioether (sulfide) groups is 1. The molecule has 14 heavy (non-hydrogen) atoms. The van der Waals surface area contributed by atoms with E-state index in [-0.39, 0.29) is 0 Å². The van der Waals surface area contributed by atoms with Crippen LogP contribution >= 0.6 is 11.8 Å². The molecule has 0 radical (unpaired) electrons. The Morgan fingerprint density at radius 3 is 2.86 bits per heavy atom. The number of hydrogen-bond donors (Lipinski definition) is 1. The molecule has 0 aromatic carbocycles. The molecule has 2 heterocycles. The molecule has 0 aliphatic heterocycles. The topological polar surface area (TPSA) is 63.8 Å². The van der Waals surface area contributed by atoms with Crippen molar-refractivity contribution in [2.75, 3.05) is 6.26 Å². The zero-order chi connectivity index (χ0) is 9.97. The molecule has 0 spiro atoms. The summed E-state index contributed by atoms with van der Waals surface area (Å²) in [5, 5.41) is 10.0. The number of aromatic nitrogens is 4. The Labute approximate surface area is 84.8 Å². The molecule has 0 amide bonds. The molecule has 0 aliphatic rings. The lowest BCUT2D eigenvalue weighted by Crippen LogP contribution is -1.96. The fourth-order valence-electron chi connectivity index (χ4n) is 1.04. The van der Waals surface area contributed by atoms with Crippen molar-refractivity contribution in [3.8, 4) is 11.5 Å². The number of rotatable bonds is 2. The van der Waals surface area contributed by atoms with Crippen molar-refractivity contribution in [3.63, 3.8) is 0 Å². The smallest absolute Gasteiger partial charge is 0.194 e. The second-order valence-corrected chi connectivity index (χ2v) is 3.30. The molecule has 1 N–H and O–H groups in total. The number of nitrogens with zero attached hydrogens (tertiary/aromatic N) is 4. The van der Waals surface area contributed by atoms with Crippen molar-refractivity contribution < 1.29 is 5.21 Å². The summed E-state index contributed by atoms with van der Waals surface area (Å²) in [6.45, 7) is 0. The van der Waals surface area contributed by atoms with E-state index in [4.69, 9.17) is 0 Å². The van der Waals surface area contributed by atoms with Crippen LogP contribution in [0.15, 0.2) is 29.8 Å². The molecule has 0 unspecified atom stereocenters. The maximum Gasteiger partial charge on any atom is 0.194 e. The van der Waals surface area contributed by atoms with Gasteiger partial charge in [0.15, 0.2) is 11.0 Å². The van der Waals surface area contributed by atoms with E-state index in [1.165, 1.54) is 24.2 Å². The molecule has 2 rings (SSSR count). The van der Waals surface area contributed by atoms with Crippen LogP contribution in [0.2, 0.25) is 0 Å². The third kappa shape index (κ3) is 1.56. The summed E-state index contributed by atoms with van der Waals surface area (Å²) in [5.74, 6) is 0.419. The van der Waals surface area contributed by atoms with Crippen LogP contribution < -0.4 is 0 Å². The Balaban J connectivity index is 2.47. The maximum absolute atomic E-state index is 9.35. The lowest BCUT2D eigenvalue weighted by atomic mass is 10.4. The van der Waals surface area contributed by atoms with E-state index in [1.807, 2.05) is 6.26 Å². The van der Waals surface area contributed by atoms with Gasteiger partial charge in [0.25, 0.3) is 0 Å². The molecule has 0 saturated carbocycles. The van der Waals surface area contributed by atoms with Gasteiger partial charge in [0.2, 0.25) is 0 Å². The van der Waals surface area contributed by atoms with Crippen LogP contribution in [-0.2, 0) is 0 Å². The van der Waals surface area contributed by atoms with Crippen molar-refractivity contribution in [1.82, 2.24) is 19.7 Å². The lowest BCUT2D eigenvalue weighted by Gasteiger charge is -2.00. The largest absolute Gasteiger partial charge is 0.427 e. The van der Waals surface area contributed by atoms with Gasteiger partial charge >= 0.3 is 0 Å². The van der Waals surface area contributed by atoms with E-state index >= 15 is 0 Å². The Morgan fingerprint density at radius 1 is 1.36 bits per heavy atom. The summed E-state index contributed by atoms with van der Waals surface area (Å²) in [7, 11) is 0. The highest BCUT2D eigenvalue weighted by Crippen LogP contribution is 2.15. The van der Waals surface area contributed by atoms with Gasteiger partial charge in [-0.2, -0.15) is 4.73 Å². The van der Waals surface area contributed by atoms with E-state index in [1.54, 1.807) is 12.3 Å². The molecule has 2 aromatic heterocycles. The maximum atomic E-state index is 9.35. The third-order valence-electron chi connectivity index (χ3n) is 1.67. The van der Waals surface area contributed by atoms with Crippen molar-refractivity contribution in [2.45, 2.75) is 5.16 Å². The van der Waals surface area contributed by atoms with Crippen LogP contribution in [0.3, 0.4) is 0 Å². The predicted octanol–water partition coefficient (Wildman–Crippen LogP) is 1.30. The minimum absolute atomic E-state index is 0.419. The Hall–Kier alpha value is -1.56. The van der Waals surface area contributed by atoms with Crippen molar-refractivity contribution in [2.24, 2.45) is 0 Å². The highest BCUT2D eigenvalue weighted by Gasteiger charge is 2.07. The van der Waals surface area contributed by atoms with Crippen molar-refractivity contribution in [1.29, 1.82) is 0 Å². The average molecular weight is 208 g/mol. The van der Waals surface area contributed by atoms with Crippen molar-refractivity contribution >= 4 is 11.8 Å². The third-order valence-corrected chi connectivity index (χ3v) is 2.23. The number of imidazole rings is 1. The molecular formula is C8H8N4OS. The van der Waals surface area contributed by atoms with Crippen LogP contribution in [-0.4, -0.2) is 31.1 Å². The fraction of sp³-hybridized carbons (Fsp3) is 0.125. The van der Waals surface area contributed by atoms with E-state index in [2.05, 4.69) is 15.0 Å². The van der Waals surface area contributed by atoms with Gasteiger partial charge in [-0.25, -0.2) is 15.0 Å². The van der Waals surface area contributed by atoms with Gasteiger partial charge in [-0.05, 0) is 12.3 Å². The summed E-state index contributed by atoms with van der Waals surface area (Å²) in [5.41, 5.74) is 0.608. The predicted molar refractivity (Wildman–Crippen MR) is 52.2 cm³/mol. The SMILES string of the molecule is CSc1nccc(-c2nccn2O)n1. The van der Waals surface area contributed by atoms with Crippen LogP contribution in [0.4, 0.5) is 0 Å². The monoisotopic (exact) mass is 208 g/mol. The quantitative estimate of drug-likeness (QED) is 0.458. The first kappa shape index (κ1) is 9.01. The van der Waals surface area contributed by atoms with E-state index in [0.717, 1.165) is 4.73 Å². The van der Waals surface area contributed by atoms with Gasteiger partial charge in [-0.15, -0.1) is 0 Å². The highest BCUT2D eigenvalue weighted by atomic mass is 32.2. The van der Waals surface area contributed by atoms with Gasteiger partial charge in [0.1, 0.15) is 5.69 Å². The van der Waals surface area contributed by atoms with Crippen LogP contribution in [0, 0.1) is 0 Å². The first-order chi connectivity index (χ1) is 6.81. The Morgan fingerprint density at radius 2 is 2.21 bits per heavy atom. The van der Waals surface area contributed by atoms with Gasteiger partial charge in [0.05, 0.1) is 6.20 Å². The first-order valence-electron chi connectivity index (χ1n) is 3.91. The highest BCUT2D eigenvalue weighted by molar-refractivity contribution is 7.98. The summed E-state index contributed by atoms with van der Waals surface area (Å²) in [4.78, 5) is 12.2. The van der Waals surface area contributed by atoms with Gasteiger partial charge < -0.3 is 5.21 Å². The second kappa shape index (κ2) is 3.67. The van der Waals surface area contributed by atoms with Gasteiger partial charge in [-0.3, -0.25) is 0 Å². The van der Waals surface area contributed by atoms with Gasteiger partial charge in [0, 0.05) is 12.4 Å². The van der Waals surface area contributed by atoms with Crippen LogP contribution in [0.5, 0.6) is 0 Å². The molecule has 0 atom stereocenters. The minimum atomic E-state index is 0.419. The fourth-order valence-corrected chi connectivity index (χ4v) is 1.40. The number of hydrogen-bond acceptors (Lipinski definition) is 5. The normalized spacial score (nSPS) is 10.4. The minimum Gasteiger partial charge on any atom is -0.427 e. The second-order valence-electron chi connectivity index (χ2n) is 2.52. The molecule has 6 heteroatoms. The molecule has 0 bridgehead atoms. The van der Waals surface area contributed by atoms with Gasteiger partial charge in [-0.1, -0.05) is 11.8 Å². The molecule has 0 fully saturated rings. The van der Waals surface area contributed by atoms with E-state index in [0.29, 0.717) is 16.7 Å². The van der Waals surface area contributed by atoms with Crippen molar-refractivity contribution in [3.05, 3.63) is 24.7 Å². The lowest BCUT2D eigenvalue weighted by molar-refractivity contribution is 0.190. The molecule has 72 valence electrons. The molecule has 0 aliphatic carbocycles. The zero-order valence-corrected chi connectivity index (χ0v) is 8.27. The zero-order valence-electron chi connectivity index (χ0n) is 7.45. The molecule has 5 nitrogen and oxygen atoms in total. The first-order valence-corrected chi connectivity index (χ1v) is 5.14. The Kier molecular flexibility index (Phi) is 2.36. The summed E-state index contributed by atoms with van der Waals surface area (Å²) in [6.07, 6.45) is 6.50. The summed E-state index contributed by atoms with van der Waals surface area (Å²) in [6, 6.07) is 1.70. The van der Waals surface area contributed by atoms with E-state index in [9.17, 15) is 5.21 Å². The summed E-state index contributed by atoms with van der Waals surface area (Å²) < 4.78 is 0.937.